The lowest BCUT2D eigenvalue weighted by atomic mass is 10.1. The second-order valence-electron chi connectivity index (χ2n) is 3.90. The van der Waals surface area contributed by atoms with Crippen molar-refractivity contribution in [2.45, 2.75) is 6.10 Å². The Morgan fingerprint density at radius 3 is 2.67 bits per heavy atom. The zero-order valence-corrected chi connectivity index (χ0v) is 11.5. The maximum Gasteiger partial charge on any atom is 0.352 e. The predicted molar refractivity (Wildman–Crippen MR) is 77.0 cm³/mol. The molecule has 0 fully saturated rings. The number of benzene rings is 1. The Morgan fingerprint density at radius 2 is 2.14 bits per heavy atom. The van der Waals surface area contributed by atoms with Crippen molar-refractivity contribution >= 4 is 34.4 Å². The van der Waals surface area contributed by atoms with Crippen molar-refractivity contribution in [2.24, 2.45) is 5.16 Å². The Bertz CT molecular complexity index is 669. The summed E-state index contributed by atoms with van der Waals surface area (Å²) in [5.74, 6) is -1.21. The van der Waals surface area contributed by atoms with Crippen LogP contribution in [0.3, 0.4) is 0 Å². The van der Waals surface area contributed by atoms with E-state index >= 15 is 0 Å². The number of hydrogen-bond acceptors (Lipinski definition) is 7. The topological polar surface area (TPSA) is 115 Å². The van der Waals surface area contributed by atoms with Crippen LogP contribution < -0.4 is 5.73 Å². The highest BCUT2D eigenvalue weighted by Gasteiger charge is 2.22. The number of aromatic nitrogens is 1. The molecule has 0 spiro atoms. The maximum absolute atomic E-state index is 11.2. The summed E-state index contributed by atoms with van der Waals surface area (Å²) in [6, 6.07) is 8.30. The largest absolute Gasteiger partial charge is 0.478 e. The molecule has 0 saturated carbocycles. The molecule has 1 atom stereocenters. The van der Waals surface area contributed by atoms with Crippen molar-refractivity contribution in [2.75, 3.05) is 5.73 Å². The van der Waals surface area contributed by atoms with Crippen LogP contribution in [0, 0.1) is 0 Å². The zero-order valence-electron chi connectivity index (χ0n) is 10.7. The van der Waals surface area contributed by atoms with Crippen LogP contribution in [0.1, 0.15) is 17.4 Å². The van der Waals surface area contributed by atoms with Gasteiger partial charge in [0.2, 0.25) is 6.10 Å². The van der Waals surface area contributed by atoms with Gasteiger partial charge < -0.3 is 15.7 Å². The molecule has 0 radical (unpaired) electrons. The number of carbonyl (C=O) groups excluding carboxylic acids is 1. The third-order valence-corrected chi connectivity index (χ3v) is 3.15. The van der Waals surface area contributed by atoms with E-state index in [4.69, 9.17) is 10.6 Å². The fourth-order valence-electron chi connectivity index (χ4n) is 1.52. The number of nitrogens with zero attached hydrogens (tertiary/aromatic N) is 2. The zero-order chi connectivity index (χ0) is 15.2. The van der Waals surface area contributed by atoms with Crippen molar-refractivity contribution in [1.82, 2.24) is 4.98 Å². The van der Waals surface area contributed by atoms with E-state index < -0.39 is 12.1 Å². The fraction of sp³-hybridized carbons (Fsp3) is 0.0769. The van der Waals surface area contributed by atoms with Gasteiger partial charge in [-0.05, 0) is 0 Å². The van der Waals surface area contributed by atoms with Crippen molar-refractivity contribution in [3.8, 4) is 0 Å². The van der Waals surface area contributed by atoms with Crippen molar-refractivity contribution in [3.63, 3.8) is 0 Å². The van der Waals surface area contributed by atoms with E-state index in [-0.39, 0.29) is 16.5 Å². The second kappa shape index (κ2) is 6.62. The summed E-state index contributed by atoms with van der Waals surface area (Å²) in [5, 5.41) is 14.6. The molecule has 0 bridgehead atoms. The van der Waals surface area contributed by atoms with Crippen LogP contribution >= 0.6 is 11.3 Å². The monoisotopic (exact) mass is 305 g/mol. The average molecular weight is 305 g/mol. The summed E-state index contributed by atoms with van der Waals surface area (Å²) >= 11 is 1.14. The maximum atomic E-state index is 11.2. The summed E-state index contributed by atoms with van der Waals surface area (Å²) in [6.45, 7) is 0. The third kappa shape index (κ3) is 3.63. The number of nitrogens with two attached hydrogens (primary N) is 1. The first-order valence-corrected chi connectivity index (χ1v) is 6.68. The van der Waals surface area contributed by atoms with Crippen molar-refractivity contribution in [3.05, 3.63) is 47.0 Å². The molecule has 1 unspecified atom stereocenters. The normalized spacial score (nSPS) is 12.7. The van der Waals surface area contributed by atoms with Gasteiger partial charge >= 0.3 is 5.97 Å². The molecular formula is C13H11N3O4S. The van der Waals surface area contributed by atoms with Gasteiger partial charge in [0.05, 0.1) is 0 Å². The summed E-state index contributed by atoms with van der Waals surface area (Å²) in [4.78, 5) is 31.1. The number of hydrogen-bond donors (Lipinski definition) is 2. The van der Waals surface area contributed by atoms with Crippen LogP contribution in [0.5, 0.6) is 0 Å². The number of aldehydes is 1. The fourth-order valence-corrected chi connectivity index (χ4v) is 2.08. The number of nitrogen functional groups attached to an aromatic ring is 1. The van der Waals surface area contributed by atoms with Crippen molar-refractivity contribution < 1.29 is 19.5 Å². The molecule has 0 aliphatic carbocycles. The van der Waals surface area contributed by atoms with Gasteiger partial charge in [0.1, 0.15) is 5.69 Å². The third-order valence-electron chi connectivity index (χ3n) is 2.48. The predicted octanol–water partition coefficient (Wildman–Crippen LogP) is 1.47. The van der Waals surface area contributed by atoms with Crippen LogP contribution in [0.25, 0.3) is 0 Å². The number of rotatable bonds is 6. The first kappa shape index (κ1) is 14.7. The van der Waals surface area contributed by atoms with Crippen LogP contribution in [-0.4, -0.2) is 28.1 Å². The van der Waals surface area contributed by atoms with Gasteiger partial charge in [0.15, 0.2) is 17.1 Å². The van der Waals surface area contributed by atoms with Crippen molar-refractivity contribution in [1.29, 1.82) is 0 Å². The molecular weight excluding hydrogens is 294 g/mol. The minimum atomic E-state index is -1.31. The molecule has 21 heavy (non-hydrogen) atoms. The molecule has 7 nitrogen and oxygen atoms in total. The number of oxime groups is 1. The highest BCUT2D eigenvalue weighted by atomic mass is 32.1. The Kier molecular flexibility index (Phi) is 4.62. The smallest absolute Gasteiger partial charge is 0.352 e. The van der Waals surface area contributed by atoms with Crippen LogP contribution in [0.15, 0.2) is 40.9 Å². The molecule has 1 aromatic carbocycles. The first-order chi connectivity index (χ1) is 10.1. The molecule has 3 N–H and O–H groups in total. The summed E-state index contributed by atoms with van der Waals surface area (Å²) < 4.78 is 0. The number of thiazole rings is 1. The number of carboxylic acids is 1. The van der Waals surface area contributed by atoms with Gasteiger partial charge in [-0.15, -0.1) is 11.3 Å². The summed E-state index contributed by atoms with van der Waals surface area (Å²) in [7, 11) is 0. The van der Waals surface area contributed by atoms with E-state index in [1.54, 1.807) is 30.3 Å². The lowest BCUT2D eigenvalue weighted by molar-refractivity contribution is -0.151. The average Bonchev–Trinajstić information content (AvgIpc) is 2.90. The standard InChI is InChI=1S/C13H11N3O4S/c14-13-15-10(7-21-13)9(6-17)16-20-11(12(18)19)8-4-2-1-3-5-8/h1-7,11H,(H2,14,15)(H,18,19)/b16-9-. The molecule has 0 saturated heterocycles. The Labute approximate surface area is 123 Å². The lowest BCUT2D eigenvalue weighted by Crippen LogP contribution is -2.15. The highest BCUT2D eigenvalue weighted by molar-refractivity contribution is 7.13. The van der Waals surface area contributed by atoms with Gasteiger partial charge in [0, 0.05) is 10.9 Å². The first-order valence-electron chi connectivity index (χ1n) is 5.80. The van der Waals surface area contributed by atoms with E-state index in [1.165, 1.54) is 5.38 Å². The van der Waals surface area contributed by atoms with E-state index in [9.17, 15) is 14.7 Å². The van der Waals surface area contributed by atoms with Gasteiger partial charge in [-0.25, -0.2) is 9.78 Å². The number of aliphatic carboxylic acids is 1. The second-order valence-corrected chi connectivity index (χ2v) is 4.79. The molecule has 0 aliphatic rings. The number of anilines is 1. The molecule has 8 heteroatoms. The Morgan fingerprint density at radius 1 is 1.43 bits per heavy atom. The van der Waals surface area contributed by atoms with Gasteiger partial charge in [-0.2, -0.15) is 0 Å². The molecule has 1 aromatic heterocycles. The van der Waals surface area contributed by atoms with Gasteiger partial charge in [-0.1, -0.05) is 35.5 Å². The Hall–Kier alpha value is -2.74. The van der Waals surface area contributed by atoms with Gasteiger partial charge in [-0.3, -0.25) is 4.79 Å². The molecule has 0 amide bonds. The van der Waals surface area contributed by atoms with Crippen LogP contribution in [0.4, 0.5) is 5.13 Å². The molecule has 2 aromatic rings. The minimum Gasteiger partial charge on any atom is -0.478 e. The molecule has 2 rings (SSSR count). The SMILES string of the molecule is Nc1nc(/C(C=O)=N\OC(C(=O)O)c2ccccc2)cs1. The minimum absolute atomic E-state index is 0.120. The summed E-state index contributed by atoms with van der Waals surface area (Å²) in [6.07, 6.45) is -0.879. The van der Waals surface area contributed by atoms with E-state index in [0.717, 1.165) is 11.3 Å². The summed E-state index contributed by atoms with van der Waals surface area (Å²) in [5.41, 5.74) is 6.00. The van der Waals surface area contributed by atoms with Crippen LogP contribution in [-0.2, 0) is 14.4 Å². The quantitative estimate of drug-likeness (QED) is 0.474. The van der Waals surface area contributed by atoms with Gasteiger partial charge in [0.25, 0.3) is 0 Å². The van der Waals surface area contributed by atoms with Crippen LogP contribution in [0.2, 0.25) is 0 Å². The van der Waals surface area contributed by atoms with E-state index in [2.05, 4.69) is 10.1 Å². The lowest BCUT2D eigenvalue weighted by Gasteiger charge is -2.10. The molecule has 1 heterocycles. The molecule has 108 valence electrons. The van der Waals surface area contributed by atoms with E-state index in [1.807, 2.05) is 0 Å². The number of carbonyl (C=O) groups is 2. The Balaban J connectivity index is 2.23. The number of carboxylic acid groups (broad SMARTS) is 1. The molecule has 0 aliphatic heterocycles. The highest BCUT2D eigenvalue weighted by Crippen LogP contribution is 2.18. The van der Waals surface area contributed by atoms with E-state index in [0.29, 0.717) is 11.8 Å².